The van der Waals surface area contributed by atoms with Crippen molar-refractivity contribution in [2.24, 2.45) is 0 Å². The fourth-order valence-electron chi connectivity index (χ4n) is 4.39. The zero-order valence-electron chi connectivity index (χ0n) is 24.6. The second kappa shape index (κ2) is 12.4. The van der Waals surface area contributed by atoms with Crippen LogP contribution in [0, 0.1) is 0 Å². The Kier molecular flexibility index (Phi) is 9.18. The molecule has 1 aliphatic heterocycles. The Hall–Kier alpha value is -2.93. The number of sulfonamides is 1. The highest BCUT2D eigenvalue weighted by molar-refractivity contribution is 7.88. The summed E-state index contributed by atoms with van der Waals surface area (Å²) >= 11 is 5.96. The smallest absolute Gasteiger partial charge is 0.459 e. The molecule has 1 saturated heterocycles. The number of carbonyl (C=O) groups is 1. The number of ether oxygens (including phenoxy) is 2. The number of hydrogen-bond acceptors (Lipinski definition) is 14. The van der Waals surface area contributed by atoms with Crippen LogP contribution in [-0.4, -0.2) is 86.4 Å². The first-order valence-corrected chi connectivity index (χ1v) is 17.5. The van der Waals surface area contributed by atoms with Gasteiger partial charge >= 0.3 is 13.7 Å². The molecule has 17 nitrogen and oxygen atoms in total. The zero-order chi connectivity index (χ0) is 32.8. The third-order valence-electron chi connectivity index (χ3n) is 6.89. The summed E-state index contributed by atoms with van der Waals surface area (Å²) in [6, 6.07) is 5.93. The van der Waals surface area contributed by atoms with Crippen LogP contribution in [0.2, 0.25) is 5.02 Å². The highest BCUT2D eigenvalue weighted by atomic mass is 35.5. The summed E-state index contributed by atoms with van der Waals surface area (Å²) in [6.07, 6.45) is 0.494. The molecule has 246 valence electrons. The molecule has 2 aromatic heterocycles. The summed E-state index contributed by atoms with van der Waals surface area (Å²) in [5.41, 5.74) is -0.757. The van der Waals surface area contributed by atoms with E-state index in [2.05, 4.69) is 30.3 Å². The molecule has 5 N–H and O–H groups in total. The minimum absolute atomic E-state index is 0.0245. The quantitative estimate of drug-likeness (QED) is 0.0977. The molecule has 2 aliphatic rings. The predicted octanol–water partition coefficient (Wildman–Crippen LogP) is 1.64. The molecule has 0 radical (unpaired) electrons. The third-order valence-corrected chi connectivity index (χ3v) is 9.39. The summed E-state index contributed by atoms with van der Waals surface area (Å²) in [4.78, 5) is 27.2. The van der Waals surface area contributed by atoms with Gasteiger partial charge in [0, 0.05) is 5.02 Å². The number of nitrogens with zero attached hydrogens (tertiary/aromatic N) is 4. The number of benzene rings is 1. The maximum Gasteiger partial charge on any atom is 0.459 e. The van der Waals surface area contributed by atoms with Crippen LogP contribution in [0.1, 0.15) is 39.8 Å². The normalized spacial score (nSPS) is 25.2. The molecule has 3 aromatic rings. The number of nitrogens with one attached hydrogen (secondary N) is 3. The van der Waals surface area contributed by atoms with Crippen molar-refractivity contribution in [3.05, 3.63) is 41.9 Å². The van der Waals surface area contributed by atoms with Crippen LogP contribution in [0.25, 0.3) is 11.2 Å². The van der Waals surface area contributed by atoms with Gasteiger partial charge in [0.1, 0.15) is 41.5 Å². The number of rotatable bonds is 13. The SMILES string of the molecule is CC(C)(NP(=O)(OCC1OC(n2cnc3c(NNS(C)(=O)=O)ncnc32)[C@](C)(O)[C@@H]1O)Oc1ccc(Cl)cc1)C(=O)OC1CC1. The molecule has 1 saturated carbocycles. The van der Waals surface area contributed by atoms with Crippen molar-refractivity contribution in [1.29, 1.82) is 0 Å². The molecule has 1 aliphatic carbocycles. The molecule has 45 heavy (non-hydrogen) atoms. The van der Waals surface area contributed by atoms with Crippen LogP contribution in [0.3, 0.4) is 0 Å². The van der Waals surface area contributed by atoms with Crippen LogP contribution < -0.4 is 19.9 Å². The van der Waals surface area contributed by atoms with Gasteiger partial charge < -0.3 is 24.2 Å². The molecule has 5 atom stereocenters. The summed E-state index contributed by atoms with van der Waals surface area (Å²) in [5, 5.41) is 25.4. The van der Waals surface area contributed by atoms with Crippen molar-refractivity contribution in [3.8, 4) is 5.75 Å². The van der Waals surface area contributed by atoms with E-state index in [1.807, 2.05) is 0 Å². The fraction of sp³-hybridized carbons (Fsp3) is 0.520. The van der Waals surface area contributed by atoms with Crippen molar-refractivity contribution in [2.45, 2.75) is 69.3 Å². The lowest BCUT2D eigenvalue weighted by Crippen LogP contribution is -2.48. The molecule has 0 spiro atoms. The average molecular weight is 690 g/mol. The predicted molar refractivity (Wildman–Crippen MR) is 159 cm³/mol. The fourth-order valence-corrected chi connectivity index (χ4v) is 6.48. The van der Waals surface area contributed by atoms with E-state index in [1.54, 1.807) is 0 Å². The van der Waals surface area contributed by atoms with E-state index in [4.69, 9.17) is 30.1 Å². The summed E-state index contributed by atoms with van der Waals surface area (Å²) in [6.45, 7) is 3.67. The van der Waals surface area contributed by atoms with Gasteiger partial charge in [-0.2, -0.15) is 5.09 Å². The van der Waals surface area contributed by atoms with Crippen molar-refractivity contribution in [1.82, 2.24) is 29.4 Å². The minimum atomic E-state index is -4.39. The maximum absolute atomic E-state index is 14.1. The molecule has 20 heteroatoms. The number of hydrogen-bond donors (Lipinski definition) is 5. The van der Waals surface area contributed by atoms with Crippen molar-refractivity contribution in [3.63, 3.8) is 0 Å². The molecule has 3 unspecified atom stereocenters. The van der Waals surface area contributed by atoms with Crippen LogP contribution >= 0.6 is 19.3 Å². The first kappa shape index (κ1) is 33.4. The van der Waals surface area contributed by atoms with Crippen LogP contribution in [0.5, 0.6) is 5.75 Å². The first-order chi connectivity index (χ1) is 21.0. The van der Waals surface area contributed by atoms with Gasteiger partial charge in [-0.15, -0.1) is 4.83 Å². The Morgan fingerprint density at radius 2 is 1.93 bits per heavy atom. The first-order valence-electron chi connectivity index (χ1n) is 13.6. The number of fused-ring (bicyclic) bond motifs is 1. The zero-order valence-corrected chi connectivity index (χ0v) is 27.0. The van der Waals surface area contributed by atoms with Gasteiger partial charge in [-0.05, 0) is 57.9 Å². The van der Waals surface area contributed by atoms with Crippen molar-refractivity contribution >= 4 is 52.3 Å². The molecular formula is C25H33ClN7O10PS. The van der Waals surface area contributed by atoms with E-state index in [0.29, 0.717) is 5.02 Å². The van der Waals surface area contributed by atoms with Crippen LogP contribution in [0.4, 0.5) is 5.82 Å². The summed E-state index contributed by atoms with van der Waals surface area (Å²) in [7, 11) is -8.02. The number of aliphatic hydroxyl groups is 2. The van der Waals surface area contributed by atoms with E-state index in [0.717, 1.165) is 25.4 Å². The molecule has 2 fully saturated rings. The molecule has 1 aromatic carbocycles. The largest absolute Gasteiger partial charge is 0.461 e. The number of aliphatic hydroxyl groups excluding tert-OH is 1. The Labute approximate surface area is 263 Å². The third kappa shape index (κ3) is 7.73. The van der Waals surface area contributed by atoms with Crippen molar-refractivity contribution in [2.75, 3.05) is 18.3 Å². The average Bonchev–Trinajstić information content (AvgIpc) is 3.62. The van der Waals surface area contributed by atoms with E-state index >= 15 is 0 Å². The van der Waals surface area contributed by atoms with Gasteiger partial charge in [-0.25, -0.2) is 27.9 Å². The Morgan fingerprint density at radius 3 is 2.58 bits per heavy atom. The highest BCUT2D eigenvalue weighted by Gasteiger charge is 2.54. The number of carbonyl (C=O) groups excluding carboxylic acids is 1. The molecule has 0 bridgehead atoms. The minimum Gasteiger partial charge on any atom is -0.461 e. The topological polar surface area (TPSA) is 225 Å². The highest BCUT2D eigenvalue weighted by Crippen LogP contribution is 2.48. The number of hydrazine groups is 1. The number of halogens is 1. The summed E-state index contributed by atoms with van der Waals surface area (Å²) in [5.74, 6) is -0.529. The Morgan fingerprint density at radius 1 is 1.24 bits per heavy atom. The Bertz CT molecular complexity index is 1720. The van der Waals surface area contributed by atoms with Crippen LogP contribution in [0.15, 0.2) is 36.9 Å². The monoisotopic (exact) mass is 689 g/mol. The molecular weight excluding hydrogens is 657 g/mol. The van der Waals surface area contributed by atoms with Crippen molar-refractivity contribution < 1.29 is 46.5 Å². The van der Waals surface area contributed by atoms with Gasteiger partial charge in [0.2, 0.25) is 10.0 Å². The molecule has 3 heterocycles. The van der Waals surface area contributed by atoms with E-state index < -0.39 is 59.9 Å². The Balaban J connectivity index is 1.36. The number of aromatic nitrogens is 4. The van der Waals surface area contributed by atoms with Gasteiger partial charge in [-0.3, -0.25) is 19.3 Å². The lowest BCUT2D eigenvalue weighted by molar-refractivity contribution is -0.151. The van der Waals surface area contributed by atoms with E-state index in [9.17, 15) is 28.0 Å². The standard InChI is InChI=1S/C25H33ClN7O10PS/c1-24(2,23(35)41-15-9-10-15)31-44(37,43-16-7-5-14(26)6-8-16)40-11-17-19(34)25(3,36)22(42-17)33-13-29-18-20(27-12-28-21(18)33)30-32-45(4,38)39/h5-8,12-13,15,17,19,22,32,34,36H,9-11H2,1-4H3,(H,31,37)(H,27,28,30)/t17?,19-,22?,25-,44?/m1/s1. The summed E-state index contributed by atoms with van der Waals surface area (Å²) < 4.78 is 61.2. The van der Waals surface area contributed by atoms with Crippen LogP contribution in [-0.2, 0) is 33.4 Å². The lowest BCUT2D eigenvalue weighted by Gasteiger charge is -2.30. The lowest BCUT2D eigenvalue weighted by atomic mass is 9.96. The van der Waals surface area contributed by atoms with E-state index in [1.165, 1.54) is 55.9 Å². The second-order valence-electron chi connectivity index (χ2n) is 11.4. The van der Waals surface area contributed by atoms with Gasteiger partial charge in [0.15, 0.2) is 23.2 Å². The van der Waals surface area contributed by atoms with Gasteiger partial charge in [0.25, 0.3) is 0 Å². The number of anilines is 1. The molecule has 0 amide bonds. The second-order valence-corrected chi connectivity index (χ2v) is 15.3. The molecule has 5 rings (SSSR count). The maximum atomic E-state index is 14.1. The van der Waals surface area contributed by atoms with E-state index in [-0.39, 0.29) is 28.8 Å². The van der Waals surface area contributed by atoms with Gasteiger partial charge in [-0.1, -0.05) is 11.6 Å². The number of esters is 1. The van der Waals surface area contributed by atoms with Gasteiger partial charge in [0.05, 0.1) is 19.2 Å². The number of imidazole rings is 1.